The van der Waals surface area contributed by atoms with E-state index in [1.165, 1.54) is 0 Å². The first-order valence-electron chi connectivity index (χ1n) is 8.09. The van der Waals surface area contributed by atoms with Gasteiger partial charge in [0, 0.05) is 32.4 Å². The van der Waals surface area contributed by atoms with Crippen LogP contribution in [0.3, 0.4) is 0 Å². The van der Waals surface area contributed by atoms with Gasteiger partial charge in [0.05, 0.1) is 19.1 Å². The van der Waals surface area contributed by atoms with Gasteiger partial charge in [0.2, 0.25) is 5.91 Å². The van der Waals surface area contributed by atoms with Gasteiger partial charge in [-0.05, 0) is 37.1 Å². The monoisotopic (exact) mass is 376 g/mol. The Bertz CT molecular complexity index is 507. The van der Waals surface area contributed by atoms with Gasteiger partial charge < -0.3 is 20.3 Å². The van der Waals surface area contributed by atoms with Crippen LogP contribution in [0.2, 0.25) is 0 Å². The topological polar surface area (TPSA) is 66.5 Å². The standard InChI is InChI=1S/C16H24N4O2.2ClH/c21-16(14-2-1-4-17-12-14)19-11-13-3-5-18-15(10-13)20-6-8-22-9-7-20;;/h3,5,10,14,17H,1-2,4,6-9,11-12H2,(H,19,21);2*1H. The molecule has 3 rings (SSSR count). The van der Waals surface area contributed by atoms with Gasteiger partial charge in [0.1, 0.15) is 5.82 Å². The number of hydrogen-bond acceptors (Lipinski definition) is 5. The summed E-state index contributed by atoms with van der Waals surface area (Å²) < 4.78 is 5.37. The Kier molecular flexibility index (Phi) is 9.36. The number of morpholine rings is 1. The Hall–Kier alpha value is -1.08. The highest BCUT2D eigenvalue weighted by atomic mass is 35.5. The summed E-state index contributed by atoms with van der Waals surface area (Å²) in [7, 11) is 0. The van der Waals surface area contributed by atoms with E-state index in [0.717, 1.165) is 63.6 Å². The molecular weight excluding hydrogens is 351 g/mol. The predicted molar refractivity (Wildman–Crippen MR) is 99.2 cm³/mol. The summed E-state index contributed by atoms with van der Waals surface area (Å²) in [6.45, 7) is 5.62. The third-order valence-electron chi connectivity index (χ3n) is 4.28. The normalized spacial score (nSPS) is 20.5. The molecule has 2 saturated heterocycles. The number of aromatic nitrogens is 1. The maximum Gasteiger partial charge on any atom is 0.224 e. The summed E-state index contributed by atoms with van der Waals surface area (Å²) >= 11 is 0. The van der Waals surface area contributed by atoms with Crippen molar-refractivity contribution in [3.05, 3.63) is 23.9 Å². The van der Waals surface area contributed by atoms with Crippen molar-refractivity contribution < 1.29 is 9.53 Å². The highest BCUT2D eigenvalue weighted by molar-refractivity contribution is 5.85. The zero-order chi connectivity index (χ0) is 15.2. The van der Waals surface area contributed by atoms with Gasteiger partial charge in [0.15, 0.2) is 0 Å². The molecule has 0 aliphatic carbocycles. The van der Waals surface area contributed by atoms with Crippen LogP contribution in [-0.4, -0.2) is 50.3 Å². The second-order valence-electron chi connectivity index (χ2n) is 5.88. The minimum atomic E-state index is 0. The van der Waals surface area contributed by atoms with E-state index in [2.05, 4.69) is 26.6 Å². The number of nitrogens with one attached hydrogen (secondary N) is 2. The van der Waals surface area contributed by atoms with Gasteiger partial charge in [-0.25, -0.2) is 4.98 Å². The minimum absolute atomic E-state index is 0. The molecule has 2 fully saturated rings. The van der Waals surface area contributed by atoms with Crippen LogP contribution in [0.5, 0.6) is 0 Å². The molecule has 1 aromatic rings. The largest absolute Gasteiger partial charge is 0.378 e. The van der Waals surface area contributed by atoms with Crippen molar-refractivity contribution in [2.45, 2.75) is 19.4 Å². The van der Waals surface area contributed by atoms with E-state index >= 15 is 0 Å². The number of rotatable bonds is 4. The van der Waals surface area contributed by atoms with Crippen LogP contribution in [0.4, 0.5) is 5.82 Å². The first-order valence-corrected chi connectivity index (χ1v) is 8.09. The molecule has 8 heteroatoms. The number of pyridine rings is 1. The van der Waals surface area contributed by atoms with Gasteiger partial charge in [0.25, 0.3) is 0 Å². The second kappa shape index (κ2) is 10.7. The van der Waals surface area contributed by atoms with Crippen LogP contribution in [0.25, 0.3) is 0 Å². The second-order valence-corrected chi connectivity index (χ2v) is 5.88. The maximum atomic E-state index is 12.2. The van der Waals surface area contributed by atoms with Crippen LogP contribution < -0.4 is 15.5 Å². The molecule has 1 atom stereocenters. The lowest BCUT2D eigenvalue weighted by molar-refractivity contribution is -0.125. The third-order valence-corrected chi connectivity index (χ3v) is 4.28. The van der Waals surface area contributed by atoms with Crippen molar-refractivity contribution >= 4 is 36.5 Å². The van der Waals surface area contributed by atoms with Crippen LogP contribution >= 0.6 is 24.8 Å². The average Bonchev–Trinajstić information content (AvgIpc) is 2.61. The van der Waals surface area contributed by atoms with E-state index < -0.39 is 0 Å². The maximum absolute atomic E-state index is 12.2. The van der Waals surface area contributed by atoms with Gasteiger partial charge in [-0.15, -0.1) is 24.8 Å². The third kappa shape index (κ3) is 5.77. The molecule has 0 bridgehead atoms. The zero-order valence-corrected chi connectivity index (χ0v) is 15.3. The molecule has 0 saturated carbocycles. The molecule has 1 unspecified atom stereocenters. The number of anilines is 1. The Morgan fingerprint density at radius 1 is 1.38 bits per heavy atom. The number of amides is 1. The lowest BCUT2D eigenvalue weighted by Crippen LogP contribution is -2.40. The van der Waals surface area contributed by atoms with E-state index in [1.807, 2.05) is 12.3 Å². The number of ether oxygens (including phenoxy) is 1. The zero-order valence-electron chi connectivity index (χ0n) is 13.7. The van der Waals surface area contributed by atoms with Crippen LogP contribution in [0.15, 0.2) is 18.3 Å². The molecule has 1 amide bonds. The van der Waals surface area contributed by atoms with E-state index in [0.29, 0.717) is 6.54 Å². The average molecular weight is 377 g/mol. The van der Waals surface area contributed by atoms with Crippen molar-refractivity contribution in [1.82, 2.24) is 15.6 Å². The first-order chi connectivity index (χ1) is 10.8. The molecule has 6 nitrogen and oxygen atoms in total. The molecule has 1 aromatic heterocycles. The molecule has 2 aliphatic heterocycles. The summed E-state index contributed by atoms with van der Waals surface area (Å²) in [4.78, 5) is 18.8. The Morgan fingerprint density at radius 2 is 2.17 bits per heavy atom. The fourth-order valence-corrected chi connectivity index (χ4v) is 2.95. The number of piperidine rings is 1. The van der Waals surface area contributed by atoms with E-state index in [1.54, 1.807) is 0 Å². The molecule has 2 N–H and O–H groups in total. The molecule has 136 valence electrons. The summed E-state index contributed by atoms with van der Waals surface area (Å²) in [5.41, 5.74) is 1.09. The molecule has 24 heavy (non-hydrogen) atoms. The lowest BCUT2D eigenvalue weighted by Gasteiger charge is -2.28. The molecule has 3 heterocycles. The summed E-state index contributed by atoms with van der Waals surface area (Å²) in [5, 5.41) is 6.33. The van der Waals surface area contributed by atoms with Gasteiger partial charge in [-0.1, -0.05) is 0 Å². The van der Waals surface area contributed by atoms with E-state index in [-0.39, 0.29) is 36.6 Å². The molecule has 2 aliphatic rings. The van der Waals surface area contributed by atoms with Crippen molar-refractivity contribution in [1.29, 1.82) is 0 Å². The van der Waals surface area contributed by atoms with Crippen molar-refractivity contribution in [2.75, 3.05) is 44.3 Å². The molecular formula is C16H26Cl2N4O2. The van der Waals surface area contributed by atoms with E-state index in [9.17, 15) is 4.79 Å². The lowest BCUT2D eigenvalue weighted by atomic mass is 9.99. The fraction of sp³-hybridized carbons (Fsp3) is 0.625. The highest BCUT2D eigenvalue weighted by Crippen LogP contribution is 2.15. The summed E-state index contributed by atoms with van der Waals surface area (Å²) in [5.74, 6) is 1.22. The number of hydrogen-bond donors (Lipinski definition) is 2. The number of carbonyl (C=O) groups excluding carboxylic acids is 1. The SMILES string of the molecule is Cl.Cl.O=C(NCc1ccnc(N2CCOCC2)c1)C1CCCNC1. The highest BCUT2D eigenvalue weighted by Gasteiger charge is 2.20. The van der Waals surface area contributed by atoms with Crippen molar-refractivity contribution in [2.24, 2.45) is 5.92 Å². The quantitative estimate of drug-likeness (QED) is 0.830. The summed E-state index contributed by atoms with van der Waals surface area (Å²) in [6, 6.07) is 4.02. The smallest absolute Gasteiger partial charge is 0.224 e. The van der Waals surface area contributed by atoms with Crippen LogP contribution in [0, 0.1) is 5.92 Å². The van der Waals surface area contributed by atoms with Gasteiger partial charge in [-0.2, -0.15) is 0 Å². The van der Waals surface area contributed by atoms with Crippen LogP contribution in [-0.2, 0) is 16.1 Å². The number of nitrogens with zero attached hydrogens (tertiary/aromatic N) is 2. The predicted octanol–water partition coefficient (Wildman–Crippen LogP) is 1.38. The van der Waals surface area contributed by atoms with Crippen molar-refractivity contribution in [3.8, 4) is 0 Å². The number of halogens is 2. The Morgan fingerprint density at radius 3 is 2.88 bits per heavy atom. The molecule has 0 radical (unpaired) electrons. The number of carbonyl (C=O) groups is 1. The van der Waals surface area contributed by atoms with Gasteiger partial charge >= 0.3 is 0 Å². The minimum Gasteiger partial charge on any atom is -0.378 e. The summed E-state index contributed by atoms with van der Waals surface area (Å²) in [6.07, 6.45) is 3.87. The fourth-order valence-electron chi connectivity index (χ4n) is 2.95. The van der Waals surface area contributed by atoms with Gasteiger partial charge in [-0.3, -0.25) is 4.79 Å². The Balaban J connectivity index is 0.00000144. The Labute approximate surface area is 155 Å². The van der Waals surface area contributed by atoms with E-state index in [4.69, 9.17) is 4.74 Å². The molecule has 0 aromatic carbocycles. The van der Waals surface area contributed by atoms with Crippen molar-refractivity contribution in [3.63, 3.8) is 0 Å². The molecule has 0 spiro atoms. The van der Waals surface area contributed by atoms with Crippen LogP contribution in [0.1, 0.15) is 18.4 Å². The first kappa shape index (κ1) is 21.0.